The number of hydrogen-bond acceptors (Lipinski definition) is 6. The van der Waals surface area contributed by atoms with E-state index in [4.69, 9.17) is 9.15 Å². The first-order valence-corrected chi connectivity index (χ1v) is 10.0. The van der Waals surface area contributed by atoms with E-state index in [0.29, 0.717) is 35.4 Å². The Labute approximate surface area is 176 Å². The van der Waals surface area contributed by atoms with E-state index in [0.717, 1.165) is 16.9 Å². The lowest BCUT2D eigenvalue weighted by molar-refractivity contribution is -0.136. The van der Waals surface area contributed by atoms with Crippen LogP contribution in [-0.2, 0) is 14.3 Å². The zero-order valence-corrected chi connectivity index (χ0v) is 17.7. The largest absolute Gasteiger partial charge is 0.468 e. The van der Waals surface area contributed by atoms with Crippen LogP contribution in [0.5, 0.6) is 0 Å². The van der Waals surface area contributed by atoms with Crippen LogP contribution in [-0.4, -0.2) is 33.0 Å². The second-order valence-corrected chi connectivity index (χ2v) is 8.01. The first kappa shape index (κ1) is 20.0. The predicted molar refractivity (Wildman–Crippen MR) is 114 cm³/mol. The van der Waals surface area contributed by atoms with Gasteiger partial charge < -0.3 is 19.4 Å². The Bertz CT molecular complexity index is 1030. The molecule has 30 heavy (non-hydrogen) atoms. The van der Waals surface area contributed by atoms with Crippen LogP contribution in [0.1, 0.15) is 42.9 Å². The SMILES string of the molecule is COC(=O)C1=C(C)NC2=C(C(=O)C[C@@H](c3ccc(N(C)C)cc3)C2)[C@@H]1c1ccco1. The predicted octanol–water partition coefficient (Wildman–Crippen LogP) is 3.88. The van der Waals surface area contributed by atoms with Gasteiger partial charge in [-0.15, -0.1) is 0 Å². The summed E-state index contributed by atoms with van der Waals surface area (Å²) in [4.78, 5) is 27.9. The van der Waals surface area contributed by atoms with Gasteiger partial charge in [0.25, 0.3) is 0 Å². The summed E-state index contributed by atoms with van der Waals surface area (Å²) in [5, 5.41) is 3.32. The van der Waals surface area contributed by atoms with Crippen LogP contribution in [0.25, 0.3) is 0 Å². The molecule has 1 aliphatic heterocycles. The van der Waals surface area contributed by atoms with Crippen molar-refractivity contribution in [2.75, 3.05) is 26.1 Å². The molecule has 0 saturated carbocycles. The molecular weight excluding hydrogens is 380 g/mol. The minimum absolute atomic E-state index is 0.0285. The Hall–Kier alpha value is -3.28. The number of nitrogens with zero attached hydrogens (tertiary/aromatic N) is 1. The number of carbonyl (C=O) groups is 2. The van der Waals surface area contributed by atoms with Crippen LogP contribution in [0.3, 0.4) is 0 Å². The molecule has 6 nitrogen and oxygen atoms in total. The molecule has 0 unspecified atom stereocenters. The van der Waals surface area contributed by atoms with Crippen molar-refractivity contribution in [3.63, 3.8) is 0 Å². The molecule has 1 aromatic heterocycles. The van der Waals surface area contributed by atoms with Gasteiger partial charge in [-0.05, 0) is 49.1 Å². The maximum Gasteiger partial charge on any atom is 0.336 e. The van der Waals surface area contributed by atoms with E-state index in [1.165, 1.54) is 7.11 Å². The summed E-state index contributed by atoms with van der Waals surface area (Å²) in [5.74, 6) is -0.313. The highest BCUT2D eigenvalue weighted by Crippen LogP contribution is 2.45. The number of methoxy groups -OCH3 is 1. The number of benzene rings is 1. The van der Waals surface area contributed by atoms with Crippen LogP contribution < -0.4 is 10.2 Å². The van der Waals surface area contributed by atoms with Gasteiger partial charge in [-0.1, -0.05) is 12.1 Å². The summed E-state index contributed by atoms with van der Waals surface area (Å²) in [6, 6.07) is 11.9. The van der Waals surface area contributed by atoms with Gasteiger partial charge in [-0.2, -0.15) is 0 Å². The van der Waals surface area contributed by atoms with E-state index in [2.05, 4.69) is 34.5 Å². The first-order valence-electron chi connectivity index (χ1n) is 10.0. The molecule has 1 aromatic carbocycles. The van der Waals surface area contributed by atoms with Crippen molar-refractivity contribution in [2.24, 2.45) is 0 Å². The number of furan rings is 1. The van der Waals surface area contributed by atoms with Gasteiger partial charge in [0, 0.05) is 43.2 Å². The van der Waals surface area contributed by atoms with Gasteiger partial charge in [0.2, 0.25) is 0 Å². The smallest absolute Gasteiger partial charge is 0.336 e. The molecule has 0 bridgehead atoms. The molecule has 2 aromatic rings. The van der Waals surface area contributed by atoms with Gasteiger partial charge in [-0.3, -0.25) is 4.79 Å². The van der Waals surface area contributed by atoms with Gasteiger partial charge >= 0.3 is 5.97 Å². The second kappa shape index (κ2) is 7.86. The van der Waals surface area contributed by atoms with Crippen LogP contribution in [0.4, 0.5) is 5.69 Å². The van der Waals surface area contributed by atoms with E-state index >= 15 is 0 Å². The second-order valence-electron chi connectivity index (χ2n) is 8.01. The maximum absolute atomic E-state index is 13.3. The quantitative estimate of drug-likeness (QED) is 0.777. The summed E-state index contributed by atoms with van der Waals surface area (Å²) in [6.07, 6.45) is 2.65. The number of esters is 1. The minimum atomic E-state index is -0.548. The molecule has 0 fully saturated rings. The maximum atomic E-state index is 13.3. The highest BCUT2D eigenvalue weighted by Gasteiger charge is 2.42. The molecule has 0 amide bonds. The van der Waals surface area contributed by atoms with Gasteiger partial charge in [-0.25, -0.2) is 4.79 Å². The molecule has 2 atom stereocenters. The van der Waals surface area contributed by atoms with E-state index < -0.39 is 11.9 Å². The normalized spacial score (nSPS) is 21.3. The fourth-order valence-corrected chi connectivity index (χ4v) is 4.44. The van der Waals surface area contributed by atoms with Gasteiger partial charge in [0.1, 0.15) is 5.76 Å². The monoisotopic (exact) mass is 406 g/mol. The number of anilines is 1. The van der Waals surface area contributed by atoms with E-state index in [1.807, 2.05) is 21.0 Å². The molecule has 0 spiro atoms. The molecular formula is C24H26N2O4. The molecule has 6 heteroatoms. The average molecular weight is 406 g/mol. The van der Waals surface area contributed by atoms with Crippen molar-refractivity contribution in [2.45, 2.75) is 31.6 Å². The van der Waals surface area contributed by atoms with Crippen molar-refractivity contribution in [1.29, 1.82) is 0 Å². The van der Waals surface area contributed by atoms with E-state index in [-0.39, 0.29) is 11.7 Å². The molecule has 0 saturated heterocycles. The van der Waals surface area contributed by atoms with Crippen molar-refractivity contribution < 1.29 is 18.7 Å². The topological polar surface area (TPSA) is 71.8 Å². The Morgan fingerprint density at radius 1 is 1.17 bits per heavy atom. The van der Waals surface area contributed by atoms with Crippen molar-refractivity contribution >= 4 is 17.4 Å². The Morgan fingerprint density at radius 3 is 2.50 bits per heavy atom. The summed E-state index contributed by atoms with van der Waals surface area (Å²) in [6.45, 7) is 1.84. The van der Waals surface area contributed by atoms with Crippen molar-refractivity contribution in [3.05, 3.63) is 76.5 Å². The van der Waals surface area contributed by atoms with E-state index in [1.54, 1.807) is 18.4 Å². The minimum Gasteiger partial charge on any atom is -0.468 e. The van der Waals surface area contributed by atoms with Crippen LogP contribution in [0.15, 0.2) is 69.6 Å². The highest BCUT2D eigenvalue weighted by molar-refractivity contribution is 6.04. The summed E-state index contributed by atoms with van der Waals surface area (Å²) in [7, 11) is 5.36. The molecule has 156 valence electrons. The lowest BCUT2D eigenvalue weighted by Gasteiger charge is -2.35. The Kier molecular flexibility index (Phi) is 5.24. The molecule has 4 rings (SSSR count). The van der Waals surface area contributed by atoms with E-state index in [9.17, 15) is 9.59 Å². The Morgan fingerprint density at radius 2 is 1.90 bits per heavy atom. The van der Waals surface area contributed by atoms with Gasteiger partial charge in [0.05, 0.1) is 24.9 Å². The zero-order chi connectivity index (χ0) is 21.4. The van der Waals surface area contributed by atoms with Crippen LogP contribution in [0.2, 0.25) is 0 Å². The molecule has 1 aliphatic carbocycles. The number of nitrogens with one attached hydrogen (secondary N) is 1. The average Bonchev–Trinajstić information content (AvgIpc) is 3.26. The molecule has 0 radical (unpaired) electrons. The molecule has 1 N–H and O–H groups in total. The number of rotatable bonds is 4. The lowest BCUT2D eigenvalue weighted by atomic mass is 9.73. The highest BCUT2D eigenvalue weighted by atomic mass is 16.5. The number of allylic oxidation sites excluding steroid dienone is 3. The number of dihydropyridines is 1. The number of carbonyl (C=O) groups excluding carboxylic acids is 2. The summed E-state index contributed by atoms with van der Waals surface area (Å²) in [5.41, 5.74) is 4.84. The Balaban J connectivity index is 1.72. The number of Topliss-reactive ketones (excluding diaryl/α,β-unsaturated/α-hetero) is 1. The van der Waals surface area contributed by atoms with Crippen molar-refractivity contribution in [1.82, 2.24) is 5.32 Å². The third kappa shape index (κ3) is 3.43. The zero-order valence-electron chi connectivity index (χ0n) is 17.7. The van der Waals surface area contributed by atoms with Gasteiger partial charge in [0.15, 0.2) is 5.78 Å². The fraction of sp³-hybridized carbons (Fsp3) is 0.333. The summed E-state index contributed by atoms with van der Waals surface area (Å²) >= 11 is 0. The third-order valence-corrected chi connectivity index (χ3v) is 5.94. The van der Waals surface area contributed by atoms with Crippen molar-refractivity contribution in [3.8, 4) is 0 Å². The molecule has 2 heterocycles. The standard InChI is InChI=1S/C24H26N2O4/c1-14-21(24(28)29-4)23(20-6-5-11-30-20)22-18(25-14)12-16(13-19(22)27)15-7-9-17(10-8-15)26(2)3/h5-11,16,23,25H,12-13H2,1-4H3/t16-,23+/m0/s1. The molecule has 2 aliphatic rings. The first-order chi connectivity index (χ1) is 14.4. The lowest BCUT2D eigenvalue weighted by Crippen LogP contribution is -2.35. The number of hydrogen-bond donors (Lipinski definition) is 1. The number of ketones is 1. The fourth-order valence-electron chi connectivity index (χ4n) is 4.44. The third-order valence-electron chi connectivity index (χ3n) is 5.94. The number of ether oxygens (including phenoxy) is 1. The van der Waals surface area contributed by atoms with Crippen LogP contribution >= 0.6 is 0 Å². The summed E-state index contributed by atoms with van der Waals surface area (Å²) < 4.78 is 10.6. The van der Waals surface area contributed by atoms with Crippen LogP contribution in [0, 0.1) is 0 Å².